The lowest BCUT2D eigenvalue weighted by atomic mass is 10.1. The van der Waals surface area contributed by atoms with Gasteiger partial charge in [0.15, 0.2) is 0 Å². The first kappa shape index (κ1) is 26.2. The third kappa shape index (κ3) is 5.55. The van der Waals surface area contributed by atoms with Crippen LogP contribution in [0.4, 0.5) is 0 Å². The highest BCUT2D eigenvalue weighted by atomic mass is 32.2. The molecule has 3 heterocycles. The van der Waals surface area contributed by atoms with Crippen molar-refractivity contribution in [1.82, 2.24) is 14.8 Å². The molecule has 194 valence electrons. The van der Waals surface area contributed by atoms with Crippen molar-refractivity contribution in [2.24, 2.45) is 0 Å². The SMILES string of the molecule is CCc1cccc2c(/C=C3\SC(=S)N(Cc4ccc(OC)cc4)C3=O)cn(CC(=O)NCc3cccs3)c12. The smallest absolute Gasteiger partial charge is 0.266 e. The molecule has 0 spiro atoms. The zero-order valence-corrected chi connectivity index (χ0v) is 23.6. The molecule has 0 bridgehead atoms. The number of aromatic nitrogens is 1. The fourth-order valence-electron chi connectivity index (χ4n) is 4.49. The zero-order valence-electron chi connectivity index (χ0n) is 21.1. The molecule has 4 aromatic rings. The predicted molar refractivity (Wildman–Crippen MR) is 159 cm³/mol. The van der Waals surface area contributed by atoms with Crippen LogP contribution in [-0.2, 0) is 35.6 Å². The van der Waals surface area contributed by atoms with Crippen molar-refractivity contribution in [3.05, 3.63) is 92.6 Å². The van der Waals surface area contributed by atoms with Gasteiger partial charge in [0.05, 0.1) is 30.6 Å². The minimum absolute atomic E-state index is 0.0569. The summed E-state index contributed by atoms with van der Waals surface area (Å²) in [5, 5.41) is 6.02. The van der Waals surface area contributed by atoms with Crippen LogP contribution in [0, 0.1) is 0 Å². The Morgan fingerprint density at radius 1 is 1.13 bits per heavy atom. The van der Waals surface area contributed by atoms with E-state index < -0.39 is 0 Å². The summed E-state index contributed by atoms with van der Waals surface area (Å²) in [6.45, 7) is 3.22. The summed E-state index contributed by atoms with van der Waals surface area (Å²) in [5.74, 6) is 0.595. The van der Waals surface area contributed by atoms with Crippen molar-refractivity contribution < 1.29 is 14.3 Å². The minimum atomic E-state index is -0.114. The number of fused-ring (bicyclic) bond motifs is 1. The van der Waals surface area contributed by atoms with E-state index in [1.54, 1.807) is 23.3 Å². The Hall–Kier alpha value is -3.40. The maximum Gasteiger partial charge on any atom is 0.266 e. The Balaban J connectivity index is 1.40. The van der Waals surface area contributed by atoms with Crippen molar-refractivity contribution in [1.29, 1.82) is 0 Å². The number of carbonyl (C=O) groups is 2. The quantitative estimate of drug-likeness (QED) is 0.201. The molecule has 2 amide bonds. The normalized spacial score (nSPS) is 14.6. The highest BCUT2D eigenvalue weighted by Gasteiger charge is 2.32. The summed E-state index contributed by atoms with van der Waals surface area (Å²) in [4.78, 5) is 29.5. The second-order valence-corrected chi connectivity index (χ2v) is 11.6. The molecule has 1 aliphatic heterocycles. The number of nitrogens with zero attached hydrogens (tertiary/aromatic N) is 2. The van der Waals surface area contributed by atoms with Crippen LogP contribution in [0.3, 0.4) is 0 Å². The summed E-state index contributed by atoms with van der Waals surface area (Å²) in [5.41, 5.74) is 4.04. The first-order valence-electron chi connectivity index (χ1n) is 12.2. The van der Waals surface area contributed by atoms with Gasteiger partial charge in [0.1, 0.15) is 16.6 Å². The summed E-state index contributed by atoms with van der Waals surface area (Å²) in [7, 11) is 1.62. The third-order valence-corrected chi connectivity index (χ3v) is 8.66. The van der Waals surface area contributed by atoms with E-state index in [1.807, 2.05) is 70.8 Å². The highest BCUT2D eigenvalue weighted by Crippen LogP contribution is 2.36. The number of thioether (sulfide) groups is 1. The standard InChI is InChI=1S/C29H27N3O3S3/c1-3-20-6-4-8-24-21(17-31(27(20)24)18-26(33)30-15-23-7-5-13-37-23)14-25-28(34)32(29(36)38-25)16-19-9-11-22(35-2)12-10-19/h4-14,17H,3,15-16,18H2,1-2H3,(H,30,33)/b25-14-. The van der Waals surface area contributed by atoms with Gasteiger partial charge in [0.2, 0.25) is 5.91 Å². The third-order valence-electron chi connectivity index (χ3n) is 6.41. The van der Waals surface area contributed by atoms with Crippen LogP contribution in [0.15, 0.2) is 71.1 Å². The molecule has 0 saturated carbocycles. The molecule has 1 aliphatic rings. The lowest BCUT2D eigenvalue weighted by Gasteiger charge is -2.14. The number of methoxy groups -OCH3 is 1. The van der Waals surface area contributed by atoms with Crippen molar-refractivity contribution in [2.45, 2.75) is 33.0 Å². The number of carbonyl (C=O) groups excluding carboxylic acids is 2. The van der Waals surface area contributed by atoms with Gasteiger partial charge >= 0.3 is 0 Å². The van der Waals surface area contributed by atoms with Gasteiger partial charge in [0, 0.05) is 22.0 Å². The van der Waals surface area contributed by atoms with Crippen LogP contribution in [0.25, 0.3) is 17.0 Å². The predicted octanol–water partition coefficient (Wildman–Crippen LogP) is 5.99. The Labute approximate surface area is 235 Å². The Kier molecular flexibility index (Phi) is 7.97. The number of ether oxygens (including phenoxy) is 1. The largest absolute Gasteiger partial charge is 0.497 e. The number of thiocarbonyl (C=S) groups is 1. The molecule has 0 aliphatic carbocycles. The average molecular weight is 562 g/mol. The van der Waals surface area contributed by atoms with Crippen molar-refractivity contribution in [3.8, 4) is 5.75 Å². The van der Waals surface area contributed by atoms with Crippen molar-refractivity contribution >= 4 is 68.4 Å². The molecule has 0 radical (unpaired) electrons. The van der Waals surface area contributed by atoms with E-state index in [9.17, 15) is 9.59 Å². The van der Waals surface area contributed by atoms with Gasteiger partial charge in [-0.2, -0.15) is 0 Å². The van der Waals surface area contributed by atoms with Crippen molar-refractivity contribution in [3.63, 3.8) is 0 Å². The number of para-hydroxylation sites is 1. The number of amides is 2. The number of hydrogen-bond donors (Lipinski definition) is 1. The van der Waals surface area contributed by atoms with Gasteiger partial charge in [-0.05, 0) is 47.2 Å². The molecule has 2 aromatic heterocycles. The highest BCUT2D eigenvalue weighted by molar-refractivity contribution is 8.26. The molecule has 1 saturated heterocycles. The summed E-state index contributed by atoms with van der Waals surface area (Å²) >= 11 is 8.49. The number of nitrogens with one attached hydrogen (secondary N) is 1. The van der Waals surface area contributed by atoms with Gasteiger partial charge in [-0.15, -0.1) is 11.3 Å². The van der Waals surface area contributed by atoms with Crippen LogP contribution < -0.4 is 10.1 Å². The van der Waals surface area contributed by atoms with Crippen LogP contribution in [0.1, 0.15) is 28.5 Å². The topological polar surface area (TPSA) is 63.6 Å². The van der Waals surface area contributed by atoms with Gasteiger partial charge in [-0.1, -0.05) is 67.3 Å². The number of aryl methyl sites for hydroxylation is 1. The Bertz CT molecular complexity index is 1520. The van der Waals surface area contributed by atoms with Gasteiger partial charge in [-0.3, -0.25) is 14.5 Å². The van der Waals surface area contributed by atoms with E-state index in [-0.39, 0.29) is 18.4 Å². The number of rotatable bonds is 9. The molecule has 0 atom stereocenters. The first-order chi connectivity index (χ1) is 18.5. The average Bonchev–Trinajstić information content (AvgIpc) is 3.64. The number of thiophene rings is 1. The van der Waals surface area contributed by atoms with Gasteiger partial charge in [-0.25, -0.2) is 0 Å². The summed E-state index contributed by atoms with van der Waals surface area (Å²) in [6, 6.07) is 17.8. The second-order valence-electron chi connectivity index (χ2n) is 8.85. The van der Waals surface area contributed by atoms with E-state index in [4.69, 9.17) is 17.0 Å². The van der Waals surface area contributed by atoms with Crippen LogP contribution in [0.2, 0.25) is 0 Å². The monoisotopic (exact) mass is 561 g/mol. The fourth-order valence-corrected chi connectivity index (χ4v) is 6.38. The van der Waals surface area contributed by atoms with E-state index in [1.165, 1.54) is 11.8 Å². The van der Waals surface area contributed by atoms with E-state index in [2.05, 4.69) is 18.3 Å². The minimum Gasteiger partial charge on any atom is -0.497 e. The van der Waals surface area contributed by atoms with Gasteiger partial charge in [0.25, 0.3) is 5.91 Å². The number of benzene rings is 2. The van der Waals surface area contributed by atoms with E-state index in [0.29, 0.717) is 22.3 Å². The lowest BCUT2D eigenvalue weighted by molar-refractivity contribution is -0.123. The number of hydrogen-bond acceptors (Lipinski definition) is 6. The molecule has 2 aromatic carbocycles. The lowest BCUT2D eigenvalue weighted by Crippen LogP contribution is -2.27. The summed E-state index contributed by atoms with van der Waals surface area (Å²) in [6.07, 6.45) is 4.70. The van der Waals surface area contributed by atoms with Crippen LogP contribution in [-0.4, -0.2) is 32.7 Å². The molecule has 38 heavy (non-hydrogen) atoms. The Morgan fingerprint density at radius 2 is 1.95 bits per heavy atom. The van der Waals surface area contributed by atoms with Crippen LogP contribution in [0.5, 0.6) is 5.75 Å². The Morgan fingerprint density at radius 3 is 2.66 bits per heavy atom. The first-order valence-corrected chi connectivity index (χ1v) is 14.4. The molecule has 9 heteroatoms. The second kappa shape index (κ2) is 11.6. The van der Waals surface area contributed by atoms with Crippen molar-refractivity contribution in [2.75, 3.05) is 7.11 Å². The molecular weight excluding hydrogens is 535 g/mol. The maximum absolute atomic E-state index is 13.3. The fraction of sp³-hybridized carbons (Fsp3) is 0.207. The zero-order chi connectivity index (χ0) is 26.6. The molecule has 1 N–H and O–H groups in total. The van der Waals surface area contributed by atoms with E-state index >= 15 is 0 Å². The summed E-state index contributed by atoms with van der Waals surface area (Å²) < 4.78 is 7.75. The van der Waals surface area contributed by atoms with E-state index in [0.717, 1.165) is 44.6 Å². The molecular formula is C29H27N3O3S3. The molecule has 5 rings (SSSR count). The molecule has 1 fully saturated rings. The van der Waals surface area contributed by atoms with Crippen LogP contribution >= 0.6 is 35.3 Å². The van der Waals surface area contributed by atoms with Gasteiger partial charge < -0.3 is 14.6 Å². The maximum atomic E-state index is 13.3. The molecule has 0 unspecified atom stereocenters. The molecule has 6 nitrogen and oxygen atoms in total.